The summed E-state index contributed by atoms with van der Waals surface area (Å²) < 4.78 is 0. The highest BCUT2D eigenvalue weighted by atomic mass is 16.2. The summed E-state index contributed by atoms with van der Waals surface area (Å²) in [6, 6.07) is 0.167. The molecule has 4 nitrogen and oxygen atoms in total. The number of terminal acetylenes is 2. The maximum absolute atomic E-state index is 12.4. The highest BCUT2D eigenvalue weighted by Gasteiger charge is 2.27. The summed E-state index contributed by atoms with van der Waals surface area (Å²) in [5.41, 5.74) is 0. The molecule has 0 aromatic carbocycles. The normalized spacial score (nSPS) is 17.8. The minimum atomic E-state index is 0.0834. The van der Waals surface area contributed by atoms with Crippen molar-refractivity contribution in [3.8, 4) is 24.7 Å². The van der Waals surface area contributed by atoms with Crippen molar-refractivity contribution < 1.29 is 9.59 Å². The minimum Gasteiger partial charge on any atom is -0.351 e. The summed E-state index contributed by atoms with van der Waals surface area (Å²) in [6.45, 7) is 0. The zero-order valence-electron chi connectivity index (χ0n) is 20.3. The van der Waals surface area contributed by atoms with Gasteiger partial charge in [-0.05, 0) is 38.5 Å². The van der Waals surface area contributed by atoms with Gasteiger partial charge in [-0.15, -0.1) is 24.7 Å². The molecule has 2 amide bonds. The Morgan fingerprint density at radius 3 is 1.31 bits per heavy atom. The van der Waals surface area contributed by atoms with Crippen LogP contribution in [0.25, 0.3) is 0 Å². The van der Waals surface area contributed by atoms with Gasteiger partial charge in [0.2, 0.25) is 11.8 Å². The zero-order valence-corrected chi connectivity index (χ0v) is 20.3. The van der Waals surface area contributed by atoms with E-state index in [1.54, 1.807) is 0 Å². The lowest BCUT2D eigenvalue weighted by Crippen LogP contribution is -2.53. The lowest BCUT2D eigenvalue weighted by atomic mass is 9.90. The third-order valence-corrected chi connectivity index (χ3v) is 6.41. The van der Waals surface area contributed by atoms with E-state index in [-0.39, 0.29) is 23.9 Å². The predicted octanol–water partition coefficient (Wildman–Crippen LogP) is 6.04. The summed E-state index contributed by atoms with van der Waals surface area (Å²) in [4.78, 5) is 24.8. The number of unbranched alkanes of at least 4 members (excludes halogenated alkanes) is 12. The number of hydrogen-bond acceptors (Lipinski definition) is 2. The maximum atomic E-state index is 12.4. The first-order chi connectivity index (χ1) is 15.7. The van der Waals surface area contributed by atoms with Crippen molar-refractivity contribution >= 4 is 11.8 Å². The second-order valence-corrected chi connectivity index (χ2v) is 9.28. The van der Waals surface area contributed by atoms with Gasteiger partial charge in [0.25, 0.3) is 0 Å². The molecule has 1 saturated carbocycles. The van der Waals surface area contributed by atoms with Gasteiger partial charge in [-0.25, -0.2) is 0 Å². The molecule has 2 N–H and O–H groups in total. The van der Waals surface area contributed by atoms with Gasteiger partial charge in [0.15, 0.2) is 0 Å². The first-order valence-corrected chi connectivity index (χ1v) is 13.1. The summed E-state index contributed by atoms with van der Waals surface area (Å²) >= 11 is 0. The van der Waals surface area contributed by atoms with E-state index in [9.17, 15) is 9.59 Å². The Morgan fingerprint density at radius 1 is 0.594 bits per heavy atom. The number of rotatable bonds is 18. The van der Waals surface area contributed by atoms with Crippen LogP contribution in [0.1, 0.15) is 128 Å². The average molecular weight is 443 g/mol. The van der Waals surface area contributed by atoms with E-state index in [0.29, 0.717) is 12.8 Å². The number of carbonyl (C=O) groups is 2. The summed E-state index contributed by atoms with van der Waals surface area (Å²) in [5.74, 6) is 5.62. The van der Waals surface area contributed by atoms with Gasteiger partial charge in [0.1, 0.15) is 0 Å². The van der Waals surface area contributed by atoms with Crippen molar-refractivity contribution in [3.63, 3.8) is 0 Å². The summed E-state index contributed by atoms with van der Waals surface area (Å²) in [6.07, 6.45) is 31.0. The van der Waals surface area contributed by atoms with Crippen molar-refractivity contribution in [3.05, 3.63) is 0 Å². The first kappa shape index (κ1) is 28.1. The average Bonchev–Trinajstić information content (AvgIpc) is 2.78. The quantitative estimate of drug-likeness (QED) is 0.201. The van der Waals surface area contributed by atoms with Gasteiger partial charge < -0.3 is 10.6 Å². The van der Waals surface area contributed by atoms with Crippen LogP contribution in [-0.2, 0) is 9.59 Å². The van der Waals surface area contributed by atoms with E-state index >= 15 is 0 Å². The van der Waals surface area contributed by atoms with Crippen LogP contribution in [0.4, 0.5) is 0 Å². The monoisotopic (exact) mass is 442 g/mol. The largest absolute Gasteiger partial charge is 0.351 e. The smallest absolute Gasteiger partial charge is 0.220 e. The molecule has 0 bridgehead atoms. The van der Waals surface area contributed by atoms with Gasteiger partial charge in [-0.2, -0.15) is 0 Å². The predicted molar refractivity (Wildman–Crippen MR) is 134 cm³/mol. The van der Waals surface area contributed by atoms with Crippen molar-refractivity contribution in [1.29, 1.82) is 0 Å². The molecule has 4 heteroatoms. The third kappa shape index (κ3) is 15.0. The number of carbonyl (C=O) groups excluding carboxylic acids is 2. The molecule has 0 aromatic heterocycles. The van der Waals surface area contributed by atoms with Gasteiger partial charge >= 0.3 is 0 Å². The van der Waals surface area contributed by atoms with Gasteiger partial charge in [0.05, 0.1) is 0 Å². The fraction of sp³-hybridized carbons (Fsp3) is 0.786. The molecule has 0 heterocycles. The molecule has 0 radical (unpaired) electrons. The molecule has 1 rings (SSSR count). The van der Waals surface area contributed by atoms with Gasteiger partial charge in [-0.1, -0.05) is 64.2 Å². The van der Waals surface area contributed by atoms with Crippen LogP contribution in [0.2, 0.25) is 0 Å². The van der Waals surface area contributed by atoms with E-state index in [2.05, 4.69) is 22.5 Å². The minimum absolute atomic E-state index is 0.0834. The Labute approximate surface area is 197 Å². The maximum Gasteiger partial charge on any atom is 0.220 e. The number of hydrogen-bond donors (Lipinski definition) is 2. The Bertz CT molecular complexity index is 535. The van der Waals surface area contributed by atoms with Gasteiger partial charge in [-0.3, -0.25) is 9.59 Å². The summed E-state index contributed by atoms with van der Waals surface area (Å²) in [5, 5.41) is 6.41. The fourth-order valence-electron chi connectivity index (χ4n) is 4.47. The molecule has 0 saturated heterocycles. The second-order valence-electron chi connectivity index (χ2n) is 9.28. The van der Waals surface area contributed by atoms with E-state index in [1.165, 1.54) is 38.5 Å². The molecule has 1 aliphatic rings. The molecule has 2 atom stereocenters. The van der Waals surface area contributed by atoms with Crippen LogP contribution in [0, 0.1) is 24.7 Å². The van der Waals surface area contributed by atoms with E-state index in [1.807, 2.05) is 0 Å². The third-order valence-electron chi connectivity index (χ3n) is 6.41. The van der Waals surface area contributed by atoms with Crippen molar-refractivity contribution in [2.45, 2.75) is 141 Å². The molecular formula is C28H46N2O2. The van der Waals surface area contributed by atoms with E-state index in [0.717, 1.165) is 77.0 Å². The Hall–Kier alpha value is -1.94. The molecule has 32 heavy (non-hydrogen) atoms. The molecule has 0 aromatic rings. The standard InChI is InChI=1S/C28H46N2O2/c1-3-5-7-9-11-13-15-17-23-27(31)29-25-21-19-20-22-26(25)30-28(32)24-18-16-14-12-10-8-6-4-2/h1-2,25-26H,5-24H2,(H,29,31)(H,30,32). The zero-order chi connectivity index (χ0) is 23.3. The Kier molecular flexibility index (Phi) is 17.3. The van der Waals surface area contributed by atoms with Crippen molar-refractivity contribution in [2.75, 3.05) is 0 Å². The molecule has 2 unspecified atom stereocenters. The first-order valence-electron chi connectivity index (χ1n) is 13.1. The molecule has 180 valence electrons. The molecule has 1 aliphatic carbocycles. The molecule has 0 spiro atoms. The van der Waals surface area contributed by atoms with Crippen LogP contribution in [0.5, 0.6) is 0 Å². The lowest BCUT2D eigenvalue weighted by molar-refractivity contribution is -0.125. The van der Waals surface area contributed by atoms with Crippen LogP contribution in [-0.4, -0.2) is 23.9 Å². The highest BCUT2D eigenvalue weighted by Crippen LogP contribution is 2.19. The van der Waals surface area contributed by atoms with E-state index < -0.39 is 0 Å². The number of nitrogens with one attached hydrogen (secondary N) is 2. The molecule has 0 aliphatic heterocycles. The summed E-state index contributed by atoms with van der Waals surface area (Å²) in [7, 11) is 0. The molecular weight excluding hydrogens is 396 g/mol. The van der Waals surface area contributed by atoms with Gasteiger partial charge in [0, 0.05) is 37.8 Å². The topological polar surface area (TPSA) is 58.2 Å². The Balaban J connectivity index is 2.15. The van der Waals surface area contributed by atoms with Crippen molar-refractivity contribution in [1.82, 2.24) is 10.6 Å². The fourth-order valence-corrected chi connectivity index (χ4v) is 4.47. The van der Waals surface area contributed by atoms with E-state index in [4.69, 9.17) is 12.8 Å². The number of amides is 2. The van der Waals surface area contributed by atoms with Crippen molar-refractivity contribution in [2.24, 2.45) is 0 Å². The SMILES string of the molecule is C#CCCCCCCCCC(=O)NC1CCCCC1NC(=O)CCCCCCCCC#C. The highest BCUT2D eigenvalue weighted by molar-refractivity contribution is 5.77. The lowest BCUT2D eigenvalue weighted by Gasteiger charge is -2.33. The van der Waals surface area contributed by atoms with Crippen LogP contribution in [0.15, 0.2) is 0 Å². The van der Waals surface area contributed by atoms with Crippen LogP contribution >= 0.6 is 0 Å². The van der Waals surface area contributed by atoms with Crippen LogP contribution < -0.4 is 10.6 Å². The second kappa shape index (κ2) is 19.7. The van der Waals surface area contributed by atoms with Crippen LogP contribution in [0.3, 0.4) is 0 Å². The molecule has 1 fully saturated rings. The Morgan fingerprint density at radius 2 is 0.938 bits per heavy atom.